The quantitative estimate of drug-likeness (QED) is 0.883. The molecule has 2 N–H and O–H groups in total. The van der Waals surface area contributed by atoms with Gasteiger partial charge >= 0.3 is 0 Å². The van der Waals surface area contributed by atoms with Crippen LogP contribution < -0.4 is 5.32 Å². The molecule has 1 aromatic carbocycles. The number of carbonyl (C=O) groups excluding carboxylic acids is 1. The first-order chi connectivity index (χ1) is 8.30. The van der Waals surface area contributed by atoms with E-state index in [-0.39, 0.29) is 11.3 Å². The SMILES string of the molecule is CC(C)(C)[C@H](O)CCNC(=O)c1cccc(Cl)c1. The fourth-order valence-electron chi connectivity index (χ4n) is 1.49. The first-order valence-corrected chi connectivity index (χ1v) is 6.40. The molecule has 18 heavy (non-hydrogen) atoms. The van der Waals surface area contributed by atoms with E-state index < -0.39 is 6.10 Å². The number of hydrogen-bond acceptors (Lipinski definition) is 2. The molecule has 0 aliphatic carbocycles. The number of carbonyl (C=O) groups is 1. The minimum Gasteiger partial charge on any atom is -0.393 e. The van der Waals surface area contributed by atoms with E-state index in [0.717, 1.165) is 0 Å². The van der Waals surface area contributed by atoms with Gasteiger partial charge in [-0.15, -0.1) is 0 Å². The standard InChI is InChI=1S/C14H20ClNO2/c1-14(2,3)12(17)7-8-16-13(18)10-5-4-6-11(15)9-10/h4-6,9,12,17H,7-8H2,1-3H3,(H,16,18)/t12-/m1/s1. The zero-order valence-electron chi connectivity index (χ0n) is 11.0. The van der Waals surface area contributed by atoms with Crippen LogP contribution in [0.15, 0.2) is 24.3 Å². The smallest absolute Gasteiger partial charge is 0.251 e. The molecule has 0 aliphatic heterocycles. The highest BCUT2D eigenvalue weighted by molar-refractivity contribution is 6.30. The summed E-state index contributed by atoms with van der Waals surface area (Å²) in [7, 11) is 0. The monoisotopic (exact) mass is 269 g/mol. The van der Waals surface area contributed by atoms with Crippen molar-refractivity contribution in [1.29, 1.82) is 0 Å². The molecular weight excluding hydrogens is 250 g/mol. The van der Waals surface area contributed by atoms with Crippen LogP contribution in [0.5, 0.6) is 0 Å². The van der Waals surface area contributed by atoms with E-state index in [1.807, 2.05) is 20.8 Å². The van der Waals surface area contributed by atoms with Gasteiger partial charge in [0, 0.05) is 17.1 Å². The van der Waals surface area contributed by atoms with Crippen LogP contribution in [0.1, 0.15) is 37.6 Å². The maximum Gasteiger partial charge on any atom is 0.251 e. The number of aliphatic hydroxyl groups is 1. The first-order valence-electron chi connectivity index (χ1n) is 6.02. The number of aliphatic hydroxyl groups excluding tert-OH is 1. The highest BCUT2D eigenvalue weighted by Gasteiger charge is 2.21. The zero-order valence-corrected chi connectivity index (χ0v) is 11.8. The summed E-state index contributed by atoms with van der Waals surface area (Å²) in [5.74, 6) is -0.168. The number of benzene rings is 1. The van der Waals surface area contributed by atoms with Crippen molar-refractivity contribution in [3.63, 3.8) is 0 Å². The minimum absolute atomic E-state index is 0.166. The van der Waals surface area contributed by atoms with Crippen molar-refractivity contribution in [3.8, 4) is 0 Å². The predicted molar refractivity (Wildman–Crippen MR) is 73.9 cm³/mol. The number of amides is 1. The Morgan fingerprint density at radius 1 is 1.44 bits per heavy atom. The lowest BCUT2D eigenvalue weighted by atomic mass is 9.87. The summed E-state index contributed by atoms with van der Waals surface area (Å²) in [5, 5.41) is 13.2. The summed E-state index contributed by atoms with van der Waals surface area (Å²) in [6, 6.07) is 6.79. The number of hydrogen-bond donors (Lipinski definition) is 2. The number of rotatable bonds is 4. The topological polar surface area (TPSA) is 49.3 Å². The average Bonchev–Trinajstić information content (AvgIpc) is 2.27. The van der Waals surface area contributed by atoms with Crippen molar-refractivity contribution in [2.75, 3.05) is 6.54 Å². The molecule has 0 heterocycles. The molecule has 1 atom stereocenters. The van der Waals surface area contributed by atoms with E-state index in [1.165, 1.54) is 0 Å². The predicted octanol–water partition coefficient (Wildman–Crippen LogP) is 2.87. The van der Waals surface area contributed by atoms with Gasteiger partial charge in [0.2, 0.25) is 0 Å². The Labute approximate surface area is 113 Å². The third kappa shape index (κ3) is 4.67. The molecule has 0 fully saturated rings. The summed E-state index contributed by atoms with van der Waals surface area (Å²) in [4.78, 5) is 11.8. The molecular formula is C14H20ClNO2. The normalized spacial score (nSPS) is 13.2. The lowest BCUT2D eigenvalue weighted by molar-refractivity contribution is 0.0551. The van der Waals surface area contributed by atoms with E-state index in [2.05, 4.69) is 5.32 Å². The molecule has 0 aliphatic rings. The van der Waals surface area contributed by atoms with Gasteiger partial charge in [-0.05, 0) is 30.0 Å². The molecule has 0 spiro atoms. The Balaban J connectivity index is 2.43. The summed E-state index contributed by atoms with van der Waals surface area (Å²) in [6.45, 7) is 6.35. The second-order valence-corrected chi connectivity index (χ2v) is 5.87. The van der Waals surface area contributed by atoms with Crippen molar-refractivity contribution in [2.24, 2.45) is 5.41 Å². The van der Waals surface area contributed by atoms with Gasteiger partial charge in [-0.1, -0.05) is 38.4 Å². The first kappa shape index (κ1) is 15.0. The van der Waals surface area contributed by atoms with Gasteiger partial charge in [0.15, 0.2) is 0 Å². The molecule has 0 bridgehead atoms. The molecule has 0 saturated carbocycles. The molecule has 0 unspecified atom stereocenters. The largest absolute Gasteiger partial charge is 0.393 e. The van der Waals surface area contributed by atoms with Gasteiger partial charge in [0.05, 0.1) is 6.10 Å². The Kier molecular flexibility index (Phi) is 5.17. The molecule has 3 nitrogen and oxygen atoms in total. The van der Waals surface area contributed by atoms with Gasteiger partial charge < -0.3 is 10.4 Å². The maximum atomic E-state index is 11.8. The molecule has 1 amide bonds. The van der Waals surface area contributed by atoms with Crippen LogP contribution in [-0.4, -0.2) is 23.7 Å². The average molecular weight is 270 g/mol. The molecule has 0 aromatic heterocycles. The van der Waals surface area contributed by atoms with Crippen LogP contribution in [0.25, 0.3) is 0 Å². The van der Waals surface area contributed by atoms with Crippen LogP contribution in [0.4, 0.5) is 0 Å². The Hall–Kier alpha value is -1.06. The second kappa shape index (κ2) is 6.21. The van der Waals surface area contributed by atoms with Crippen LogP contribution in [0.3, 0.4) is 0 Å². The summed E-state index contributed by atoms with van der Waals surface area (Å²) < 4.78 is 0. The Morgan fingerprint density at radius 3 is 2.67 bits per heavy atom. The molecule has 100 valence electrons. The van der Waals surface area contributed by atoms with Crippen LogP contribution in [-0.2, 0) is 0 Å². The van der Waals surface area contributed by atoms with Crippen molar-refractivity contribution in [2.45, 2.75) is 33.3 Å². The van der Waals surface area contributed by atoms with E-state index in [1.54, 1.807) is 24.3 Å². The van der Waals surface area contributed by atoms with Crippen LogP contribution in [0, 0.1) is 5.41 Å². The minimum atomic E-state index is -0.433. The second-order valence-electron chi connectivity index (χ2n) is 5.44. The van der Waals surface area contributed by atoms with Crippen LogP contribution >= 0.6 is 11.6 Å². The lowest BCUT2D eigenvalue weighted by Crippen LogP contribution is -2.32. The van der Waals surface area contributed by atoms with Gasteiger partial charge in [-0.25, -0.2) is 0 Å². The van der Waals surface area contributed by atoms with Gasteiger partial charge in [0.25, 0.3) is 5.91 Å². The van der Waals surface area contributed by atoms with Crippen molar-refractivity contribution in [3.05, 3.63) is 34.9 Å². The number of halogens is 1. The molecule has 4 heteroatoms. The fraction of sp³-hybridized carbons (Fsp3) is 0.500. The van der Waals surface area contributed by atoms with Gasteiger partial charge in [-0.3, -0.25) is 4.79 Å². The summed E-state index contributed by atoms with van der Waals surface area (Å²) in [5.41, 5.74) is 0.369. The summed E-state index contributed by atoms with van der Waals surface area (Å²) >= 11 is 5.81. The fourth-order valence-corrected chi connectivity index (χ4v) is 1.68. The third-order valence-electron chi connectivity index (χ3n) is 2.79. The molecule has 0 radical (unpaired) electrons. The van der Waals surface area contributed by atoms with Crippen molar-refractivity contribution >= 4 is 17.5 Å². The van der Waals surface area contributed by atoms with E-state index in [0.29, 0.717) is 23.6 Å². The highest BCUT2D eigenvalue weighted by atomic mass is 35.5. The molecule has 1 rings (SSSR count). The van der Waals surface area contributed by atoms with E-state index >= 15 is 0 Å². The summed E-state index contributed by atoms with van der Waals surface area (Å²) in [6.07, 6.45) is 0.104. The Morgan fingerprint density at radius 2 is 2.11 bits per heavy atom. The lowest BCUT2D eigenvalue weighted by Gasteiger charge is -2.25. The number of nitrogens with one attached hydrogen (secondary N) is 1. The van der Waals surface area contributed by atoms with E-state index in [9.17, 15) is 9.90 Å². The van der Waals surface area contributed by atoms with Crippen LogP contribution in [0.2, 0.25) is 5.02 Å². The third-order valence-corrected chi connectivity index (χ3v) is 3.02. The Bertz CT molecular complexity index is 413. The van der Waals surface area contributed by atoms with Gasteiger partial charge in [0.1, 0.15) is 0 Å². The maximum absolute atomic E-state index is 11.8. The van der Waals surface area contributed by atoms with E-state index in [4.69, 9.17) is 11.6 Å². The van der Waals surface area contributed by atoms with Crippen molar-refractivity contribution < 1.29 is 9.90 Å². The molecule has 1 aromatic rings. The van der Waals surface area contributed by atoms with Gasteiger partial charge in [-0.2, -0.15) is 0 Å². The zero-order chi connectivity index (χ0) is 13.8. The molecule has 0 saturated heterocycles. The highest BCUT2D eigenvalue weighted by Crippen LogP contribution is 2.21. The van der Waals surface area contributed by atoms with Crippen molar-refractivity contribution in [1.82, 2.24) is 5.32 Å².